The van der Waals surface area contributed by atoms with Gasteiger partial charge in [-0.05, 0) is 16.7 Å². The van der Waals surface area contributed by atoms with Crippen LogP contribution in [0.5, 0.6) is 0 Å². The number of rotatable bonds is 3. The second kappa shape index (κ2) is 5.21. The van der Waals surface area contributed by atoms with E-state index in [1.807, 2.05) is 0 Å². The molecule has 0 spiro atoms. The fourth-order valence-electron chi connectivity index (χ4n) is 3.32. The third-order valence-corrected chi connectivity index (χ3v) is 4.32. The van der Waals surface area contributed by atoms with Gasteiger partial charge in [0.2, 0.25) is 0 Å². The topological polar surface area (TPSA) is 0 Å². The maximum Gasteiger partial charge on any atom is 0.0211 e. The molecule has 0 nitrogen and oxygen atoms in total. The fraction of sp³-hybridized carbons (Fsp3) is 0.0952. The van der Waals surface area contributed by atoms with Gasteiger partial charge in [-0.3, -0.25) is 0 Å². The Balaban J connectivity index is 1.74. The van der Waals surface area contributed by atoms with Gasteiger partial charge >= 0.3 is 0 Å². The van der Waals surface area contributed by atoms with Gasteiger partial charge in [0.15, 0.2) is 0 Å². The van der Waals surface area contributed by atoms with Crippen molar-refractivity contribution >= 4 is 0 Å². The van der Waals surface area contributed by atoms with Crippen molar-refractivity contribution in [3.63, 3.8) is 0 Å². The second-order valence-electron chi connectivity index (χ2n) is 5.60. The summed E-state index contributed by atoms with van der Waals surface area (Å²) in [7, 11) is 0. The summed E-state index contributed by atoms with van der Waals surface area (Å²) in [6.07, 6.45) is 0. The average molecular weight is 269 g/mol. The van der Waals surface area contributed by atoms with Crippen LogP contribution in [0, 0.1) is 5.92 Å². The van der Waals surface area contributed by atoms with Crippen molar-refractivity contribution in [3.05, 3.63) is 114 Å². The summed E-state index contributed by atoms with van der Waals surface area (Å²) in [6.45, 7) is 0. The molecule has 1 aliphatic rings. The van der Waals surface area contributed by atoms with Crippen LogP contribution < -0.4 is 0 Å². The van der Waals surface area contributed by atoms with E-state index >= 15 is 0 Å². The molecule has 0 bridgehead atoms. The van der Waals surface area contributed by atoms with Crippen LogP contribution in [-0.2, 0) is 0 Å². The highest BCUT2D eigenvalue weighted by Crippen LogP contribution is 2.65. The predicted molar refractivity (Wildman–Crippen MR) is 87.2 cm³/mol. The van der Waals surface area contributed by atoms with Crippen molar-refractivity contribution in [3.8, 4) is 0 Å². The molecule has 0 heterocycles. The Hall–Kier alpha value is -2.34. The molecule has 101 valence electrons. The fourth-order valence-corrected chi connectivity index (χ4v) is 3.32. The molecule has 2 unspecified atom stereocenters. The Kier molecular flexibility index (Phi) is 3.08. The van der Waals surface area contributed by atoms with Gasteiger partial charge in [-0.2, -0.15) is 0 Å². The average Bonchev–Trinajstić information content (AvgIpc) is 3.33. The summed E-state index contributed by atoms with van der Waals surface area (Å²) >= 11 is 0. The first-order valence-corrected chi connectivity index (χ1v) is 7.47. The zero-order valence-electron chi connectivity index (χ0n) is 11.8. The summed E-state index contributed by atoms with van der Waals surface area (Å²) in [6, 6.07) is 32.5. The molecule has 3 aromatic carbocycles. The van der Waals surface area contributed by atoms with E-state index in [9.17, 15) is 0 Å². The molecule has 0 saturated heterocycles. The van der Waals surface area contributed by atoms with Gasteiger partial charge < -0.3 is 0 Å². The molecule has 0 heteroatoms. The van der Waals surface area contributed by atoms with Crippen molar-refractivity contribution in [2.75, 3.05) is 0 Å². The minimum atomic E-state index is 0.524. The maximum atomic E-state index is 2.25. The molecule has 1 radical (unpaired) electrons. The van der Waals surface area contributed by atoms with Crippen molar-refractivity contribution < 1.29 is 0 Å². The van der Waals surface area contributed by atoms with Gasteiger partial charge in [0, 0.05) is 17.8 Å². The molecule has 21 heavy (non-hydrogen) atoms. The van der Waals surface area contributed by atoms with Crippen LogP contribution in [0.4, 0.5) is 0 Å². The Bertz CT molecular complexity index is 591. The highest BCUT2D eigenvalue weighted by Gasteiger charge is 2.52. The summed E-state index contributed by atoms with van der Waals surface area (Å²) in [5.74, 6) is 2.60. The summed E-state index contributed by atoms with van der Waals surface area (Å²) in [4.78, 5) is 0. The molecule has 0 amide bonds. The number of hydrogen-bond acceptors (Lipinski definition) is 0. The van der Waals surface area contributed by atoms with Crippen molar-refractivity contribution in [2.24, 2.45) is 0 Å². The molecular formula is C21H17. The minimum Gasteiger partial charge on any atom is -0.0622 e. The molecule has 1 aliphatic carbocycles. The lowest BCUT2D eigenvalue weighted by molar-refractivity contribution is 1.03. The summed E-state index contributed by atoms with van der Waals surface area (Å²) in [5, 5.41) is 0. The van der Waals surface area contributed by atoms with Crippen LogP contribution in [0.15, 0.2) is 91.0 Å². The van der Waals surface area contributed by atoms with Gasteiger partial charge in [-0.25, -0.2) is 0 Å². The number of hydrogen-bond donors (Lipinski definition) is 0. The maximum absolute atomic E-state index is 2.25. The van der Waals surface area contributed by atoms with Crippen molar-refractivity contribution in [1.82, 2.24) is 0 Å². The van der Waals surface area contributed by atoms with E-state index in [4.69, 9.17) is 0 Å². The molecule has 0 N–H and O–H groups in total. The highest BCUT2D eigenvalue weighted by molar-refractivity contribution is 5.59. The third kappa shape index (κ3) is 2.27. The molecule has 0 aliphatic heterocycles. The van der Waals surface area contributed by atoms with E-state index in [0.29, 0.717) is 11.8 Å². The lowest BCUT2D eigenvalue weighted by Crippen LogP contribution is -1.83. The van der Waals surface area contributed by atoms with E-state index in [1.165, 1.54) is 16.7 Å². The highest BCUT2D eigenvalue weighted by atomic mass is 14.5. The van der Waals surface area contributed by atoms with E-state index in [1.54, 1.807) is 5.92 Å². The molecular weight excluding hydrogens is 252 g/mol. The zero-order chi connectivity index (χ0) is 14.1. The van der Waals surface area contributed by atoms with E-state index in [0.717, 1.165) is 0 Å². The Morgan fingerprint density at radius 1 is 0.429 bits per heavy atom. The van der Waals surface area contributed by atoms with E-state index < -0.39 is 0 Å². The van der Waals surface area contributed by atoms with Gasteiger partial charge in [0.05, 0.1) is 0 Å². The van der Waals surface area contributed by atoms with Crippen LogP contribution in [0.25, 0.3) is 0 Å². The van der Waals surface area contributed by atoms with Crippen molar-refractivity contribution in [2.45, 2.75) is 11.8 Å². The monoisotopic (exact) mass is 269 g/mol. The second-order valence-corrected chi connectivity index (χ2v) is 5.60. The van der Waals surface area contributed by atoms with E-state index in [2.05, 4.69) is 91.0 Å². The summed E-state index contributed by atoms with van der Waals surface area (Å²) in [5.41, 5.74) is 4.22. The molecule has 3 aromatic rings. The molecule has 1 fully saturated rings. The van der Waals surface area contributed by atoms with Gasteiger partial charge in [-0.15, -0.1) is 0 Å². The van der Waals surface area contributed by atoms with Crippen LogP contribution in [0.3, 0.4) is 0 Å². The van der Waals surface area contributed by atoms with Crippen LogP contribution in [-0.4, -0.2) is 0 Å². The minimum absolute atomic E-state index is 0.524. The van der Waals surface area contributed by atoms with Gasteiger partial charge in [0.1, 0.15) is 0 Å². The lowest BCUT2D eigenvalue weighted by Gasteiger charge is -1.99. The Morgan fingerprint density at radius 3 is 1.24 bits per heavy atom. The van der Waals surface area contributed by atoms with Crippen LogP contribution in [0.2, 0.25) is 0 Å². The quantitative estimate of drug-likeness (QED) is 0.613. The first-order chi connectivity index (χ1) is 10.4. The van der Waals surface area contributed by atoms with E-state index in [-0.39, 0.29) is 0 Å². The zero-order valence-corrected chi connectivity index (χ0v) is 11.8. The lowest BCUT2D eigenvalue weighted by atomic mass is 10.0. The predicted octanol–water partition coefficient (Wildman–Crippen LogP) is 5.19. The first kappa shape index (κ1) is 12.4. The van der Waals surface area contributed by atoms with Crippen molar-refractivity contribution in [1.29, 1.82) is 0 Å². The number of benzene rings is 3. The third-order valence-electron chi connectivity index (χ3n) is 4.32. The molecule has 1 saturated carbocycles. The largest absolute Gasteiger partial charge is 0.0622 e. The van der Waals surface area contributed by atoms with Crippen LogP contribution in [0.1, 0.15) is 28.5 Å². The van der Waals surface area contributed by atoms with Crippen LogP contribution >= 0.6 is 0 Å². The Morgan fingerprint density at radius 2 is 0.810 bits per heavy atom. The SMILES string of the molecule is c1ccc([C]2C(c3ccccc3)C2c2ccccc2)cc1. The van der Waals surface area contributed by atoms with Gasteiger partial charge in [0.25, 0.3) is 0 Å². The molecule has 4 rings (SSSR count). The Labute approximate surface area is 126 Å². The van der Waals surface area contributed by atoms with Gasteiger partial charge in [-0.1, -0.05) is 91.0 Å². The standard InChI is InChI=1S/C21H17/c1-4-10-16(11-5-1)19-20(17-12-6-2-7-13-17)21(19)18-14-8-3-9-15-18/h1-15,19-20H. The molecule has 2 atom stereocenters. The first-order valence-electron chi connectivity index (χ1n) is 7.47. The molecule has 0 aromatic heterocycles. The smallest absolute Gasteiger partial charge is 0.0211 e. The normalized spacial score (nSPS) is 21.1. The summed E-state index contributed by atoms with van der Waals surface area (Å²) < 4.78 is 0.